The van der Waals surface area contributed by atoms with Crippen LogP contribution in [-0.2, 0) is 10.0 Å². The number of nitrogens with one attached hydrogen (secondary N) is 1. The molecule has 6 heteroatoms. The number of benzene rings is 1. The maximum atomic E-state index is 12.5. The van der Waals surface area contributed by atoms with E-state index in [9.17, 15) is 8.42 Å². The lowest BCUT2D eigenvalue weighted by Crippen LogP contribution is -2.28. The largest absolute Gasteiger partial charge is 0.242 e. The Labute approximate surface area is 132 Å². The number of aryl methyl sites for hydroxylation is 1. The van der Waals surface area contributed by atoms with Crippen molar-refractivity contribution in [1.29, 1.82) is 0 Å². The van der Waals surface area contributed by atoms with Crippen LogP contribution >= 0.6 is 27.3 Å². The molecule has 108 valence electrons. The van der Waals surface area contributed by atoms with Gasteiger partial charge in [-0.2, -0.15) is 0 Å². The normalized spacial score (nSPS) is 13.3. The van der Waals surface area contributed by atoms with Crippen LogP contribution in [0.25, 0.3) is 0 Å². The van der Waals surface area contributed by atoms with E-state index < -0.39 is 10.0 Å². The van der Waals surface area contributed by atoms with Crippen LogP contribution in [0, 0.1) is 6.92 Å². The first-order valence-electron chi connectivity index (χ1n) is 6.26. The molecule has 0 radical (unpaired) electrons. The molecule has 1 unspecified atom stereocenters. The molecule has 0 fully saturated rings. The summed E-state index contributed by atoms with van der Waals surface area (Å²) in [6.07, 6.45) is 0.712. The van der Waals surface area contributed by atoms with Gasteiger partial charge in [-0.05, 0) is 58.4 Å². The quantitative estimate of drug-likeness (QED) is 0.851. The van der Waals surface area contributed by atoms with Crippen molar-refractivity contribution in [3.63, 3.8) is 0 Å². The van der Waals surface area contributed by atoms with E-state index in [2.05, 4.69) is 20.7 Å². The fourth-order valence-electron chi connectivity index (χ4n) is 1.91. The van der Waals surface area contributed by atoms with Gasteiger partial charge in [-0.3, -0.25) is 0 Å². The van der Waals surface area contributed by atoms with E-state index >= 15 is 0 Å². The van der Waals surface area contributed by atoms with Crippen molar-refractivity contribution in [3.8, 4) is 0 Å². The van der Waals surface area contributed by atoms with Crippen LogP contribution < -0.4 is 4.72 Å². The molecule has 2 rings (SSSR count). The van der Waals surface area contributed by atoms with Gasteiger partial charge in [0.25, 0.3) is 0 Å². The summed E-state index contributed by atoms with van der Waals surface area (Å²) in [5, 5.41) is 1.95. The summed E-state index contributed by atoms with van der Waals surface area (Å²) >= 11 is 4.89. The Bertz CT molecular complexity index is 681. The van der Waals surface area contributed by atoms with Gasteiger partial charge in [0.1, 0.15) is 0 Å². The third kappa shape index (κ3) is 3.49. The van der Waals surface area contributed by atoms with Crippen LogP contribution in [0.3, 0.4) is 0 Å². The minimum Gasteiger partial charge on any atom is -0.207 e. The van der Waals surface area contributed by atoms with Crippen molar-refractivity contribution >= 4 is 37.3 Å². The average molecular weight is 374 g/mol. The molecule has 0 aliphatic rings. The van der Waals surface area contributed by atoms with Crippen molar-refractivity contribution in [2.75, 3.05) is 0 Å². The highest BCUT2D eigenvalue weighted by atomic mass is 79.9. The Balaban J connectivity index is 2.31. The van der Waals surface area contributed by atoms with Crippen LogP contribution in [-0.4, -0.2) is 8.42 Å². The predicted molar refractivity (Wildman–Crippen MR) is 86.6 cm³/mol. The molecular weight excluding hydrogens is 358 g/mol. The third-order valence-electron chi connectivity index (χ3n) is 2.97. The number of sulfonamides is 1. The Morgan fingerprint density at radius 1 is 1.35 bits per heavy atom. The highest BCUT2D eigenvalue weighted by molar-refractivity contribution is 9.10. The van der Waals surface area contributed by atoms with E-state index in [1.807, 2.05) is 31.4 Å². The number of thiophene rings is 1. The Morgan fingerprint density at radius 2 is 2.10 bits per heavy atom. The molecule has 1 aromatic carbocycles. The first kappa shape index (κ1) is 15.7. The summed E-state index contributed by atoms with van der Waals surface area (Å²) < 4.78 is 28.3. The number of hydrogen-bond acceptors (Lipinski definition) is 3. The molecular formula is C14H16BrNO2S2. The van der Waals surface area contributed by atoms with Crippen molar-refractivity contribution in [3.05, 3.63) is 50.6 Å². The summed E-state index contributed by atoms with van der Waals surface area (Å²) in [5.74, 6) is 0. The summed E-state index contributed by atoms with van der Waals surface area (Å²) in [4.78, 5) is 1.30. The van der Waals surface area contributed by atoms with E-state index in [0.717, 1.165) is 10.4 Å². The van der Waals surface area contributed by atoms with Gasteiger partial charge in [0, 0.05) is 9.35 Å². The molecule has 0 saturated heterocycles. The van der Waals surface area contributed by atoms with Crippen LogP contribution in [0.15, 0.2) is 45.1 Å². The summed E-state index contributed by atoms with van der Waals surface area (Å²) in [7, 11) is -3.54. The van der Waals surface area contributed by atoms with E-state index in [1.165, 1.54) is 0 Å². The molecule has 2 aromatic rings. The molecule has 0 spiro atoms. The fourth-order valence-corrected chi connectivity index (χ4v) is 5.33. The highest BCUT2D eigenvalue weighted by Crippen LogP contribution is 2.27. The first-order chi connectivity index (χ1) is 9.44. The molecule has 0 aliphatic heterocycles. The second kappa shape index (κ2) is 6.39. The van der Waals surface area contributed by atoms with E-state index in [4.69, 9.17) is 0 Å². The van der Waals surface area contributed by atoms with Crippen LogP contribution in [0.5, 0.6) is 0 Å². The van der Waals surface area contributed by atoms with Crippen LogP contribution in [0.1, 0.15) is 29.8 Å². The van der Waals surface area contributed by atoms with E-state index in [0.29, 0.717) is 10.9 Å². The molecule has 1 heterocycles. The van der Waals surface area contributed by atoms with Gasteiger partial charge in [0.15, 0.2) is 0 Å². The summed E-state index contributed by atoms with van der Waals surface area (Å²) in [6.45, 7) is 3.90. The minimum atomic E-state index is -3.54. The topological polar surface area (TPSA) is 46.2 Å². The molecule has 3 nitrogen and oxygen atoms in total. The zero-order valence-electron chi connectivity index (χ0n) is 11.3. The minimum absolute atomic E-state index is 0.187. The highest BCUT2D eigenvalue weighted by Gasteiger charge is 2.22. The Hall–Kier alpha value is -0.690. The van der Waals surface area contributed by atoms with Crippen molar-refractivity contribution in [2.45, 2.75) is 31.2 Å². The maximum Gasteiger partial charge on any atom is 0.242 e. The maximum absolute atomic E-state index is 12.5. The molecule has 1 N–H and O–H groups in total. The van der Waals surface area contributed by atoms with Crippen LogP contribution in [0.4, 0.5) is 0 Å². The fraction of sp³-hybridized carbons (Fsp3) is 0.286. The van der Waals surface area contributed by atoms with Crippen molar-refractivity contribution in [2.24, 2.45) is 0 Å². The third-order valence-corrected chi connectivity index (χ3v) is 6.40. The molecule has 1 aromatic heterocycles. The van der Waals surface area contributed by atoms with Gasteiger partial charge in [-0.25, -0.2) is 13.1 Å². The lowest BCUT2D eigenvalue weighted by molar-refractivity contribution is 0.552. The van der Waals surface area contributed by atoms with Gasteiger partial charge in [0.05, 0.1) is 10.9 Å². The average Bonchev–Trinajstić information content (AvgIpc) is 2.89. The summed E-state index contributed by atoms with van der Waals surface area (Å²) in [5.41, 5.74) is 1.01. The lowest BCUT2D eigenvalue weighted by Gasteiger charge is -2.16. The van der Waals surface area contributed by atoms with Crippen molar-refractivity contribution < 1.29 is 8.42 Å². The van der Waals surface area contributed by atoms with Crippen LogP contribution in [0.2, 0.25) is 0 Å². The second-order valence-corrected chi connectivity index (χ2v) is 8.05. The van der Waals surface area contributed by atoms with Crippen molar-refractivity contribution in [1.82, 2.24) is 4.72 Å². The number of halogens is 1. The van der Waals surface area contributed by atoms with Gasteiger partial charge < -0.3 is 0 Å². The van der Waals surface area contributed by atoms with Gasteiger partial charge in [0.2, 0.25) is 10.0 Å². The second-order valence-electron chi connectivity index (χ2n) is 4.53. The SMILES string of the molecule is CCC(NS(=O)(=O)c1ccc(C)cc1Br)c1cccs1. The molecule has 0 bridgehead atoms. The van der Waals surface area contributed by atoms with Gasteiger partial charge in [-0.1, -0.05) is 19.1 Å². The molecule has 20 heavy (non-hydrogen) atoms. The Kier molecular flexibility index (Phi) is 5.01. The standard InChI is InChI=1S/C14H16BrNO2S2/c1-3-12(13-5-4-8-19-13)16-20(17,18)14-7-6-10(2)9-11(14)15/h4-9,12,16H,3H2,1-2H3. The predicted octanol–water partition coefficient (Wildman–Crippen LogP) is 4.25. The Morgan fingerprint density at radius 3 is 2.65 bits per heavy atom. The number of rotatable bonds is 5. The zero-order chi connectivity index (χ0) is 14.8. The number of hydrogen-bond donors (Lipinski definition) is 1. The molecule has 1 atom stereocenters. The zero-order valence-corrected chi connectivity index (χ0v) is 14.5. The van der Waals surface area contributed by atoms with E-state index in [-0.39, 0.29) is 10.9 Å². The molecule has 0 aliphatic carbocycles. The van der Waals surface area contributed by atoms with E-state index in [1.54, 1.807) is 29.5 Å². The molecule has 0 amide bonds. The van der Waals surface area contributed by atoms with Gasteiger partial charge in [-0.15, -0.1) is 11.3 Å². The lowest BCUT2D eigenvalue weighted by atomic mass is 10.2. The monoisotopic (exact) mass is 373 g/mol. The first-order valence-corrected chi connectivity index (χ1v) is 9.41. The smallest absolute Gasteiger partial charge is 0.207 e. The summed E-state index contributed by atoms with van der Waals surface area (Å²) in [6, 6.07) is 8.92. The molecule has 0 saturated carbocycles. The van der Waals surface area contributed by atoms with Gasteiger partial charge >= 0.3 is 0 Å².